The van der Waals surface area contributed by atoms with Gasteiger partial charge in [0.2, 0.25) is 11.7 Å². The average Bonchev–Trinajstić information content (AvgIpc) is 3.17. The second-order valence-electron chi connectivity index (χ2n) is 3.89. The Bertz CT molecular complexity index is 692. The zero-order valence-electron chi connectivity index (χ0n) is 10.6. The predicted octanol–water partition coefficient (Wildman–Crippen LogP) is 1.71. The van der Waals surface area contributed by atoms with Gasteiger partial charge >= 0.3 is 0 Å². The van der Waals surface area contributed by atoms with Crippen molar-refractivity contribution in [1.29, 1.82) is 0 Å². The SMILES string of the molecule is Cn1c(CO)nnc1SCc1nc(-c2cccs2)no1. The molecule has 0 bridgehead atoms. The molecule has 0 aromatic carbocycles. The van der Waals surface area contributed by atoms with E-state index in [0.29, 0.717) is 28.4 Å². The molecule has 0 aliphatic carbocycles. The second kappa shape index (κ2) is 5.73. The zero-order valence-corrected chi connectivity index (χ0v) is 12.2. The Kier molecular flexibility index (Phi) is 3.81. The van der Waals surface area contributed by atoms with E-state index in [-0.39, 0.29) is 6.61 Å². The Balaban J connectivity index is 1.68. The van der Waals surface area contributed by atoms with Gasteiger partial charge in [-0.3, -0.25) is 0 Å². The maximum atomic E-state index is 9.05. The molecule has 3 heterocycles. The molecule has 3 aromatic rings. The third-order valence-corrected chi connectivity index (χ3v) is 4.47. The van der Waals surface area contributed by atoms with E-state index < -0.39 is 0 Å². The minimum absolute atomic E-state index is 0.132. The van der Waals surface area contributed by atoms with E-state index in [1.165, 1.54) is 11.8 Å². The van der Waals surface area contributed by atoms with Crippen molar-refractivity contribution in [1.82, 2.24) is 24.9 Å². The fraction of sp³-hybridized carbons (Fsp3) is 0.273. The number of hydrogen-bond acceptors (Lipinski definition) is 8. The highest BCUT2D eigenvalue weighted by Gasteiger charge is 2.13. The lowest BCUT2D eigenvalue weighted by Gasteiger charge is -1.99. The number of rotatable bonds is 5. The van der Waals surface area contributed by atoms with Crippen LogP contribution in [0.3, 0.4) is 0 Å². The molecule has 7 nitrogen and oxygen atoms in total. The number of nitrogens with zero attached hydrogens (tertiary/aromatic N) is 5. The molecular weight excluding hydrogens is 298 g/mol. The molecular formula is C11H11N5O2S2. The molecule has 9 heteroatoms. The van der Waals surface area contributed by atoms with Gasteiger partial charge in [-0.05, 0) is 11.4 Å². The topological polar surface area (TPSA) is 89.9 Å². The molecule has 0 saturated heterocycles. The zero-order chi connectivity index (χ0) is 13.9. The van der Waals surface area contributed by atoms with Crippen LogP contribution in [0.2, 0.25) is 0 Å². The van der Waals surface area contributed by atoms with Crippen molar-refractivity contribution in [2.24, 2.45) is 7.05 Å². The Morgan fingerprint density at radius 3 is 3.05 bits per heavy atom. The first kappa shape index (κ1) is 13.3. The monoisotopic (exact) mass is 309 g/mol. The summed E-state index contributed by atoms with van der Waals surface area (Å²) in [6.07, 6.45) is 0. The van der Waals surface area contributed by atoms with Crippen LogP contribution < -0.4 is 0 Å². The maximum absolute atomic E-state index is 9.05. The van der Waals surface area contributed by atoms with Gasteiger partial charge in [0, 0.05) is 7.05 Å². The second-order valence-corrected chi connectivity index (χ2v) is 5.78. The largest absolute Gasteiger partial charge is 0.388 e. The molecule has 0 saturated carbocycles. The lowest BCUT2D eigenvalue weighted by atomic mass is 10.4. The third kappa shape index (κ3) is 2.60. The molecule has 1 N–H and O–H groups in total. The van der Waals surface area contributed by atoms with Gasteiger partial charge in [-0.15, -0.1) is 21.5 Å². The lowest BCUT2D eigenvalue weighted by molar-refractivity contribution is 0.266. The van der Waals surface area contributed by atoms with Gasteiger partial charge in [-0.2, -0.15) is 4.98 Å². The van der Waals surface area contributed by atoms with Crippen LogP contribution in [0.15, 0.2) is 27.2 Å². The first-order chi connectivity index (χ1) is 9.78. The van der Waals surface area contributed by atoms with Gasteiger partial charge in [-0.1, -0.05) is 23.0 Å². The summed E-state index contributed by atoms with van der Waals surface area (Å²) in [7, 11) is 1.80. The van der Waals surface area contributed by atoms with Crippen molar-refractivity contribution in [2.45, 2.75) is 17.5 Å². The number of thiophene rings is 1. The lowest BCUT2D eigenvalue weighted by Crippen LogP contribution is -1.98. The number of aromatic nitrogens is 5. The molecule has 0 fully saturated rings. The molecule has 3 aromatic heterocycles. The Morgan fingerprint density at radius 1 is 1.45 bits per heavy atom. The van der Waals surface area contributed by atoms with Crippen molar-refractivity contribution >= 4 is 23.1 Å². The van der Waals surface area contributed by atoms with Gasteiger partial charge < -0.3 is 14.2 Å². The number of aliphatic hydroxyl groups excluding tert-OH is 1. The molecule has 20 heavy (non-hydrogen) atoms. The summed E-state index contributed by atoms with van der Waals surface area (Å²) < 4.78 is 6.94. The maximum Gasteiger partial charge on any atom is 0.237 e. The van der Waals surface area contributed by atoms with Crippen LogP contribution in [0.25, 0.3) is 10.7 Å². The van der Waals surface area contributed by atoms with Crippen LogP contribution in [0.1, 0.15) is 11.7 Å². The van der Waals surface area contributed by atoms with Crippen LogP contribution >= 0.6 is 23.1 Å². The van der Waals surface area contributed by atoms with Crippen molar-refractivity contribution in [2.75, 3.05) is 0 Å². The van der Waals surface area contributed by atoms with Crippen LogP contribution in [-0.2, 0) is 19.4 Å². The average molecular weight is 309 g/mol. The molecule has 0 aliphatic rings. The van der Waals surface area contributed by atoms with Gasteiger partial charge in [0.05, 0.1) is 10.6 Å². The molecule has 3 rings (SSSR count). The Morgan fingerprint density at radius 2 is 2.35 bits per heavy atom. The number of hydrogen-bond donors (Lipinski definition) is 1. The molecule has 0 radical (unpaired) electrons. The van der Waals surface area contributed by atoms with E-state index in [2.05, 4.69) is 20.3 Å². The molecule has 0 unspecified atom stereocenters. The quantitative estimate of drug-likeness (QED) is 0.717. The van der Waals surface area contributed by atoms with Gasteiger partial charge in [0.25, 0.3) is 0 Å². The standard InChI is InChI=1S/C11H11N5O2S2/c1-16-8(5-17)13-14-11(16)20-6-9-12-10(15-18-9)7-3-2-4-19-7/h2-4,17H,5-6H2,1H3. The van der Waals surface area contributed by atoms with Crippen LogP contribution in [0.5, 0.6) is 0 Å². The van der Waals surface area contributed by atoms with Crippen molar-refractivity contribution in [3.63, 3.8) is 0 Å². The highest BCUT2D eigenvalue weighted by molar-refractivity contribution is 7.98. The van der Waals surface area contributed by atoms with E-state index in [9.17, 15) is 0 Å². The molecule has 0 amide bonds. The van der Waals surface area contributed by atoms with Crippen molar-refractivity contribution in [3.05, 3.63) is 29.2 Å². The molecule has 104 valence electrons. The Hall–Kier alpha value is -1.71. The summed E-state index contributed by atoms with van der Waals surface area (Å²) >= 11 is 3.00. The predicted molar refractivity (Wildman–Crippen MR) is 74.1 cm³/mol. The highest BCUT2D eigenvalue weighted by Crippen LogP contribution is 2.24. The van der Waals surface area contributed by atoms with Gasteiger partial charge in [0.15, 0.2) is 11.0 Å². The van der Waals surface area contributed by atoms with Crippen LogP contribution in [-0.4, -0.2) is 30.0 Å². The van der Waals surface area contributed by atoms with E-state index >= 15 is 0 Å². The third-order valence-electron chi connectivity index (χ3n) is 2.60. The summed E-state index contributed by atoms with van der Waals surface area (Å²) in [6, 6.07) is 3.89. The fourth-order valence-electron chi connectivity index (χ4n) is 1.55. The summed E-state index contributed by atoms with van der Waals surface area (Å²) in [6.45, 7) is -0.132. The molecule has 0 aliphatic heterocycles. The first-order valence-electron chi connectivity index (χ1n) is 5.76. The van der Waals surface area contributed by atoms with Crippen LogP contribution in [0.4, 0.5) is 0 Å². The van der Waals surface area contributed by atoms with Gasteiger partial charge in [-0.25, -0.2) is 0 Å². The summed E-state index contributed by atoms with van der Waals surface area (Å²) in [4.78, 5) is 5.31. The van der Waals surface area contributed by atoms with Crippen LogP contribution in [0, 0.1) is 0 Å². The van der Waals surface area contributed by atoms with E-state index in [0.717, 1.165) is 4.88 Å². The minimum atomic E-state index is -0.132. The van der Waals surface area contributed by atoms with Gasteiger partial charge in [0.1, 0.15) is 6.61 Å². The van der Waals surface area contributed by atoms with Crippen molar-refractivity contribution < 1.29 is 9.63 Å². The van der Waals surface area contributed by atoms with Crippen molar-refractivity contribution in [3.8, 4) is 10.7 Å². The minimum Gasteiger partial charge on any atom is -0.388 e. The Labute approximate surface area is 122 Å². The normalized spacial score (nSPS) is 11.1. The van der Waals surface area contributed by atoms with E-state index in [4.69, 9.17) is 9.63 Å². The number of aliphatic hydroxyl groups is 1. The summed E-state index contributed by atoms with van der Waals surface area (Å²) in [5.41, 5.74) is 0. The fourth-order valence-corrected chi connectivity index (χ4v) is 2.97. The summed E-state index contributed by atoms with van der Waals surface area (Å²) in [5.74, 6) is 2.17. The molecule has 0 atom stereocenters. The highest BCUT2D eigenvalue weighted by atomic mass is 32.2. The first-order valence-corrected chi connectivity index (χ1v) is 7.63. The van der Waals surface area contributed by atoms with E-state index in [1.807, 2.05) is 17.5 Å². The molecule has 0 spiro atoms. The number of thioether (sulfide) groups is 1. The smallest absolute Gasteiger partial charge is 0.237 e. The summed E-state index contributed by atoms with van der Waals surface area (Å²) in [5, 5.41) is 23.5. The van der Waals surface area contributed by atoms with E-state index in [1.54, 1.807) is 23.0 Å².